The zero-order valence-corrected chi connectivity index (χ0v) is 14.5. The molecular weight excluding hydrogens is 342 g/mol. The number of aromatic nitrogens is 1. The fourth-order valence-electron chi connectivity index (χ4n) is 3.71. The lowest BCUT2D eigenvalue weighted by molar-refractivity contribution is -0.129. The van der Waals surface area contributed by atoms with Crippen LogP contribution in [-0.4, -0.2) is 47.6 Å². The van der Waals surface area contributed by atoms with Gasteiger partial charge in [0.2, 0.25) is 0 Å². The molecule has 132 valence electrons. The van der Waals surface area contributed by atoms with E-state index in [1.165, 1.54) is 4.90 Å². The molecule has 2 aliphatic rings. The number of rotatable bonds is 4. The van der Waals surface area contributed by atoms with Gasteiger partial charge in [0.05, 0.1) is 0 Å². The molecule has 0 aliphatic carbocycles. The first-order valence-corrected chi connectivity index (χ1v) is 8.96. The van der Waals surface area contributed by atoms with Gasteiger partial charge in [-0.2, -0.15) is 0 Å². The van der Waals surface area contributed by atoms with Crippen molar-refractivity contribution in [3.63, 3.8) is 0 Å². The Morgan fingerprint density at radius 1 is 1.24 bits per heavy atom. The van der Waals surface area contributed by atoms with E-state index in [1.807, 2.05) is 24.4 Å². The second-order valence-electron chi connectivity index (χ2n) is 6.62. The fraction of sp³-hybridized carbons (Fsp3) is 0.444. The number of nitrogens with zero attached hydrogens (tertiary/aromatic N) is 1. The topological polar surface area (TPSA) is 74.4 Å². The quantitative estimate of drug-likeness (QED) is 0.822. The molecule has 3 amide bonds. The molecule has 0 saturated carbocycles. The number of nitrogens with one attached hydrogen (secondary N) is 2. The summed E-state index contributed by atoms with van der Waals surface area (Å²) in [5.74, 6) is 0.0527. The Balaban J connectivity index is 1.46. The van der Waals surface area contributed by atoms with Gasteiger partial charge < -0.3 is 15.0 Å². The number of aromatic amines is 1. The largest absolute Gasteiger partial charge is 0.381 e. The lowest BCUT2D eigenvalue weighted by atomic mass is 9.92. The summed E-state index contributed by atoms with van der Waals surface area (Å²) < 4.78 is 5.34. The van der Waals surface area contributed by atoms with E-state index in [-0.39, 0.29) is 17.9 Å². The van der Waals surface area contributed by atoms with E-state index in [9.17, 15) is 9.59 Å². The molecule has 25 heavy (non-hydrogen) atoms. The monoisotopic (exact) mass is 361 g/mol. The van der Waals surface area contributed by atoms with Crippen molar-refractivity contribution >= 4 is 34.4 Å². The maximum Gasteiger partial charge on any atom is 0.324 e. The number of fused-ring (bicyclic) bond motifs is 1. The molecule has 1 unspecified atom stereocenters. The van der Waals surface area contributed by atoms with E-state index in [2.05, 4.69) is 10.3 Å². The molecule has 2 aromatic rings. The van der Waals surface area contributed by atoms with Crippen molar-refractivity contribution in [2.45, 2.75) is 25.3 Å². The molecule has 2 N–H and O–H groups in total. The van der Waals surface area contributed by atoms with Crippen LogP contribution in [0.1, 0.15) is 18.4 Å². The molecular formula is C18H20ClN3O3. The van der Waals surface area contributed by atoms with Crippen molar-refractivity contribution in [3.05, 3.63) is 35.0 Å². The van der Waals surface area contributed by atoms with E-state index in [0.717, 1.165) is 29.3 Å². The molecule has 7 heteroatoms. The van der Waals surface area contributed by atoms with Gasteiger partial charge >= 0.3 is 6.03 Å². The van der Waals surface area contributed by atoms with Crippen LogP contribution in [0, 0.1) is 5.92 Å². The van der Waals surface area contributed by atoms with Crippen molar-refractivity contribution in [3.8, 4) is 0 Å². The molecule has 3 heterocycles. The van der Waals surface area contributed by atoms with Crippen LogP contribution in [0.3, 0.4) is 0 Å². The third-order valence-corrected chi connectivity index (χ3v) is 5.36. The summed E-state index contributed by atoms with van der Waals surface area (Å²) in [6, 6.07) is 4.96. The van der Waals surface area contributed by atoms with Crippen LogP contribution in [0.4, 0.5) is 4.79 Å². The van der Waals surface area contributed by atoms with Gasteiger partial charge in [0, 0.05) is 41.9 Å². The highest BCUT2D eigenvalue weighted by Gasteiger charge is 2.42. The van der Waals surface area contributed by atoms with E-state index in [0.29, 0.717) is 31.2 Å². The summed E-state index contributed by atoms with van der Waals surface area (Å²) in [6.07, 6.45) is 4.13. The molecule has 6 nitrogen and oxygen atoms in total. The lowest BCUT2D eigenvalue weighted by Crippen LogP contribution is -2.40. The third kappa shape index (κ3) is 3.12. The van der Waals surface area contributed by atoms with Crippen molar-refractivity contribution in [1.82, 2.24) is 15.2 Å². The highest BCUT2D eigenvalue weighted by Crippen LogP contribution is 2.25. The molecule has 1 atom stereocenters. The number of ether oxygens (including phenoxy) is 1. The Labute approximate surface area is 150 Å². The smallest absolute Gasteiger partial charge is 0.324 e. The van der Waals surface area contributed by atoms with Crippen molar-refractivity contribution < 1.29 is 14.3 Å². The Kier molecular flexibility index (Phi) is 4.39. The number of halogens is 1. The van der Waals surface area contributed by atoms with E-state index in [1.54, 1.807) is 0 Å². The predicted molar refractivity (Wildman–Crippen MR) is 94.6 cm³/mol. The van der Waals surface area contributed by atoms with Gasteiger partial charge in [-0.1, -0.05) is 11.6 Å². The van der Waals surface area contributed by atoms with Crippen LogP contribution < -0.4 is 5.32 Å². The van der Waals surface area contributed by atoms with Crippen molar-refractivity contribution in [1.29, 1.82) is 0 Å². The Hall–Kier alpha value is -2.05. The van der Waals surface area contributed by atoms with Crippen LogP contribution in [-0.2, 0) is 16.0 Å². The number of amides is 3. The number of benzene rings is 1. The van der Waals surface area contributed by atoms with Gasteiger partial charge in [0.15, 0.2) is 0 Å². The third-order valence-electron chi connectivity index (χ3n) is 5.13. The number of imide groups is 1. The SMILES string of the molecule is O=C1NC(C2CCOCC2)C(=O)N1CCc1c[nH]c2ccc(Cl)cc12. The van der Waals surface area contributed by atoms with Gasteiger partial charge in [0.25, 0.3) is 5.91 Å². The van der Waals surface area contributed by atoms with Gasteiger partial charge in [-0.15, -0.1) is 0 Å². The first-order chi connectivity index (χ1) is 12.1. The minimum Gasteiger partial charge on any atom is -0.381 e. The van der Waals surface area contributed by atoms with Crippen LogP contribution in [0.15, 0.2) is 24.4 Å². The van der Waals surface area contributed by atoms with Crippen LogP contribution in [0.2, 0.25) is 5.02 Å². The Bertz CT molecular complexity index is 813. The normalized spacial score (nSPS) is 22.0. The Morgan fingerprint density at radius 2 is 2.04 bits per heavy atom. The molecule has 2 saturated heterocycles. The van der Waals surface area contributed by atoms with Crippen molar-refractivity contribution in [2.75, 3.05) is 19.8 Å². The van der Waals surface area contributed by atoms with Gasteiger partial charge in [-0.25, -0.2) is 4.79 Å². The minimum absolute atomic E-state index is 0.116. The van der Waals surface area contributed by atoms with E-state index >= 15 is 0 Å². The summed E-state index contributed by atoms with van der Waals surface area (Å²) in [7, 11) is 0. The molecule has 0 bridgehead atoms. The molecule has 0 spiro atoms. The highest BCUT2D eigenvalue weighted by atomic mass is 35.5. The number of hydrogen-bond acceptors (Lipinski definition) is 3. The zero-order chi connectivity index (χ0) is 17.4. The second kappa shape index (κ2) is 6.69. The first-order valence-electron chi connectivity index (χ1n) is 8.58. The van der Waals surface area contributed by atoms with Gasteiger partial charge in [-0.05, 0) is 48.9 Å². The maximum absolute atomic E-state index is 12.7. The van der Waals surface area contributed by atoms with E-state index in [4.69, 9.17) is 16.3 Å². The predicted octanol–water partition coefficient (Wildman–Crippen LogP) is 2.71. The molecule has 1 aromatic heterocycles. The average molecular weight is 362 g/mol. The molecule has 0 radical (unpaired) electrons. The molecule has 2 fully saturated rings. The first kappa shape index (κ1) is 16.4. The van der Waals surface area contributed by atoms with Crippen LogP contribution >= 0.6 is 11.6 Å². The maximum atomic E-state index is 12.7. The van der Waals surface area contributed by atoms with Gasteiger partial charge in [-0.3, -0.25) is 9.69 Å². The van der Waals surface area contributed by atoms with Gasteiger partial charge in [0.1, 0.15) is 6.04 Å². The fourth-order valence-corrected chi connectivity index (χ4v) is 3.88. The molecule has 4 rings (SSSR count). The summed E-state index contributed by atoms with van der Waals surface area (Å²) >= 11 is 6.07. The number of H-pyrrole nitrogens is 1. The Morgan fingerprint density at radius 3 is 2.84 bits per heavy atom. The number of hydrogen-bond donors (Lipinski definition) is 2. The summed E-state index contributed by atoms with van der Waals surface area (Å²) in [5, 5.41) is 4.55. The minimum atomic E-state index is -0.409. The highest BCUT2D eigenvalue weighted by molar-refractivity contribution is 6.31. The van der Waals surface area contributed by atoms with Crippen LogP contribution in [0.25, 0.3) is 10.9 Å². The lowest BCUT2D eigenvalue weighted by Gasteiger charge is -2.25. The number of urea groups is 1. The summed E-state index contributed by atoms with van der Waals surface area (Å²) in [4.78, 5) is 29.4. The van der Waals surface area contributed by atoms with Crippen molar-refractivity contribution in [2.24, 2.45) is 5.92 Å². The summed E-state index contributed by atoms with van der Waals surface area (Å²) in [5.41, 5.74) is 2.05. The van der Waals surface area contributed by atoms with Crippen LogP contribution in [0.5, 0.6) is 0 Å². The standard InChI is InChI=1S/C18H20ClN3O3/c19-13-1-2-15-14(9-13)12(10-20-15)3-6-22-17(23)16(21-18(22)24)11-4-7-25-8-5-11/h1-2,9-11,16,20H,3-8H2,(H,21,24). The zero-order valence-electron chi connectivity index (χ0n) is 13.8. The molecule has 1 aromatic carbocycles. The number of carbonyl (C=O) groups is 2. The average Bonchev–Trinajstić information content (AvgIpc) is 3.14. The van der Waals surface area contributed by atoms with E-state index < -0.39 is 6.04 Å². The molecule has 2 aliphatic heterocycles. The second-order valence-corrected chi connectivity index (χ2v) is 7.06. The summed E-state index contributed by atoms with van der Waals surface area (Å²) in [6.45, 7) is 1.67. The number of carbonyl (C=O) groups excluding carboxylic acids is 2.